The zero-order chi connectivity index (χ0) is 18.2. The van der Waals surface area contributed by atoms with Crippen LogP contribution in [0.15, 0.2) is 52.5 Å². The lowest BCUT2D eigenvalue weighted by atomic mass is 10.1. The number of hydrogen-bond acceptors (Lipinski definition) is 6. The summed E-state index contributed by atoms with van der Waals surface area (Å²) in [6, 6.07) is 12.3. The summed E-state index contributed by atoms with van der Waals surface area (Å²) in [6.45, 7) is 1.69. The van der Waals surface area contributed by atoms with Crippen LogP contribution in [0.1, 0.15) is 0 Å². The van der Waals surface area contributed by atoms with Crippen molar-refractivity contribution >= 4 is 44.6 Å². The number of anilines is 1. The molecular formula is C20H16N4OS2. The van der Waals surface area contributed by atoms with Crippen LogP contribution in [0.25, 0.3) is 32.7 Å². The number of aromatic nitrogens is 2. The van der Waals surface area contributed by atoms with Crippen molar-refractivity contribution in [3.8, 4) is 22.5 Å². The van der Waals surface area contributed by atoms with Crippen LogP contribution in [0.3, 0.4) is 0 Å². The first-order valence-corrected chi connectivity index (χ1v) is 10.5. The van der Waals surface area contributed by atoms with E-state index in [1.165, 1.54) is 0 Å². The van der Waals surface area contributed by atoms with E-state index in [0.29, 0.717) is 18.9 Å². The molecule has 4 aromatic rings. The number of rotatable bonds is 3. The van der Waals surface area contributed by atoms with Crippen molar-refractivity contribution < 1.29 is 4.79 Å². The van der Waals surface area contributed by atoms with Gasteiger partial charge in [-0.2, -0.15) is 11.3 Å². The van der Waals surface area contributed by atoms with E-state index >= 15 is 0 Å². The topological polar surface area (TPSA) is 58.1 Å². The van der Waals surface area contributed by atoms with Crippen molar-refractivity contribution in [1.82, 2.24) is 15.3 Å². The summed E-state index contributed by atoms with van der Waals surface area (Å²) in [5.41, 5.74) is 3.27. The predicted octanol–water partition coefficient (Wildman–Crippen LogP) is 4.02. The molecule has 7 heteroatoms. The largest absolute Gasteiger partial charge is 0.353 e. The fraction of sp³-hybridized carbons (Fsp3) is 0.150. The number of piperazine rings is 1. The molecule has 1 N–H and O–H groups in total. The molecule has 1 aliphatic rings. The third kappa shape index (κ3) is 2.98. The van der Waals surface area contributed by atoms with Gasteiger partial charge in [-0.3, -0.25) is 4.79 Å². The van der Waals surface area contributed by atoms with Crippen LogP contribution in [0.2, 0.25) is 0 Å². The molecular weight excluding hydrogens is 376 g/mol. The second kappa shape index (κ2) is 6.75. The molecule has 0 radical (unpaired) electrons. The van der Waals surface area contributed by atoms with Crippen molar-refractivity contribution in [3.05, 3.63) is 52.5 Å². The van der Waals surface area contributed by atoms with Crippen molar-refractivity contribution in [2.45, 2.75) is 0 Å². The lowest BCUT2D eigenvalue weighted by Crippen LogP contribution is -2.48. The monoisotopic (exact) mass is 392 g/mol. The fourth-order valence-electron chi connectivity index (χ4n) is 3.32. The van der Waals surface area contributed by atoms with Gasteiger partial charge in [-0.05, 0) is 17.0 Å². The second-order valence-corrected chi connectivity index (χ2v) is 7.99. The van der Waals surface area contributed by atoms with Crippen LogP contribution in [0.4, 0.5) is 5.82 Å². The smallest absolute Gasteiger partial charge is 0.239 e. The average Bonchev–Trinajstić information content (AvgIpc) is 3.38. The molecule has 27 heavy (non-hydrogen) atoms. The number of carbonyl (C=O) groups is 1. The van der Waals surface area contributed by atoms with Crippen LogP contribution < -0.4 is 10.2 Å². The van der Waals surface area contributed by atoms with E-state index < -0.39 is 0 Å². The number of benzene rings is 1. The number of carbonyl (C=O) groups excluding carboxylic acids is 1. The van der Waals surface area contributed by atoms with E-state index in [1.807, 2.05) is 29.6 Å². The first-order valence-electron chi connectivity index (χ1n) is 8.68. The van der Waals surface area contributed by atoms with Gasteiger partial charge in [0.25, 0.3) is 0 Å². The summed E-state index contributed by atoms with van der Waals surface area (Å²) in [5, 5.41) is 10.1. The Morgan fingerprint density at radius 1 is 1.04 bits per heavy atom. The van der Waals surface area contributed by atoms with E-state index in [0.717, 1.165) is 39.3 Å². The minimum Gasteiger partial charge on any atom is -0.353 e. The molecule has 0 unspecified atom stereocenters. The van der Waals surface area contributed by atoms with Crippen molar-refractivity contribution in [3.63, 3.8) is 0 Å². The molecule has 0 saturated carbocycles. The van der Waals surface area contributed by atoms with Gasteiger partial charge < -0.3 is 10.2 Å². The summed E-state index contributed by atoms with van der Waals surface area (Å²) in [5.74, 6) is 1.59. The van der Waals surface area contributed by atoms with E-state index in [4.69, 9.17) is 9.97 Å². The fourth-order valence-corrected chi connectivity index (χ4v) is 4.90. The maximum atomic E-state index is 12.0. The Morgan fingerprint density at radius 3 is 2.70 bits per heavy atom. The lowest BCUT2D eigenvalue weighted by molar-refractivity contribution is -0.120. The highest BCUT2D eigenvalue weighted by Crippen LogP contribution is 2.39. The third-order valence-corrected chi connectivity index (χ3v) is 6.17. The van der Waals surface area contributed by atoms with Crippen LogP contribution in [0.5, 0.6) is 0 Å². The number of thiophene rings is 2. The van der Waals surface area contributed by atoms with Gasteiger partial charge in [-0.1, -0.05) is 30.3 Å². The maximum absolute atomic E-state index is 12.0. The summed E-state index contributed by atoms with van der Waals surface area (Å²) in [7, 11) is 0. The van der Waals surface area contributed by atoms with Gasteiger partial charge in [0.15, 0.2) is 5.82 Å². The molecule has 5 nitrogen and oxygen atoms in total. The molecule has 134 valence electrons. The maximum Gasteiger partial charge on any atom is 0.239 e. The Bertz CT molecular complexity index is 1110. The molecule has 0 spiro atoms. The number of nitrogens with zero attached hydrogens (tertiary/aromatic N) is 3. The number of hydrogen-bond donors (Lipinski definition) is 1. The minimum absolute atomic E-state index is 0.0292. The molecule has 1 saturated heterocycles. The zero-order valence-corrected chi connectivity index (χ0v) is 16.0. The standard InChI is InChI=1S/C20H16N4OS2/c25-16-10-24(8-7-21-16)19-17-15(13-4-2-1-3-5-13)12-27-20(17)23-18(22-19)14-6-9-26-11-14/h1-6,9,11-12H,7-8,10H2,(H,21,25). The van der Waals surface area contributed by atoms with Gasteiger partial charge in [0.1, 0.15) is 10.6 Å². The van der Waals surface area contributed by atoms with E-state index in [9.17, 15) is 4.79 Å². The average molecular weight is 393 g/mol. The first-order chi connectivity index (χ1) is 13.3. The quantitative estimate of drug-likeness (QED) is 0.572. The Labute approximate surface area is 164 Å². The summed E-state index contributed by atoms with van der Waals surface area (Å²) >= 11 is 3.25. The number of amides is 1. The van der Waals surface area contributed by atoms with Crippen LogP contribution in [-0.2, 0) is 4.79 Å². The van der Waals surface area contributed by atoms with E-state index in [2.05, 4.69) is 33.1 Å². The number of nitrogens with one attached hydrogen (secondary N) is 1. The summed E-state index contributed by atoms with van der Waals surface area (Å²) in [6.07, 6.45) is 0. The van der Waals surface area contributed by atoms with Crippen molar-refractivity contribution in [1.29, 1.82) is 0 Å². The Hall–Kier alpha value is -2.77. The van der Waals surface area contributed by atoms with Crippen LogP contribution in [0, 0.1) is 0 Å². The minimum atomic E-state index is 0.0292. The van der Waals surface area contributed by atoms with E-state index in [-0.39, 0.29) is 5.91 Å². The predicted molar refractivity (Wildman–Crippen MR) is 111 cm³/mol. The molecule has 4 heterocycles. The Balaban J connectivity index is 1.74. The Morgan fingerprint density at radius 2 is 1.93 bits per heavy atom. The van der Waals surface area contributed by atoms with Gasteiger partial charge in [0, 0.05) is 35.0 Å². The second-order valence-electron chi connectivity index (χ2n) is 6.35. The molecule has 1 aromatic carbocycles. The molecule has 0 bridgehead atoms. The third-order valence-electron chi connectivity index (χ3n) is 4.62. The molecule has 3 aromatic heterocycles. The zero-order valence-electron chi connectivity index (χ0n) is 14.4. The molecule has 1 amide bonds. The molecule has 0 atom stereocenters. The lowest BCUT2D eigenvalue weighted by Gasteiger charge is -2.28. The molecule has 1 fully saturated rings. The van der Waals surface area contributed by atoms with Gasteiger partial charge in [-0.15, -0.1) is 11.3 Å². The molecule has 0 aliphatic carbocycles. The SMILES string of the molecule is O=C1CN(c2nc(-c3ccsc3)nc3scc(-c4ccccc4)c23)CCN1. The van der Waals surface area contributed by atoms with Gasteiger partial charge >= 0.3 is 0 Å². The summed E-state index contributed by atoms with van der Waals surface area (Å²) in [4.78, 5) is 24.7. The van der Waals surface area contributed by atoms with Gasteiger partial charge in [0.05, 0.1) is 11.9 Å². The normalized spacial score (nSPS) is 14.5. The highest BCUT2D eigenvalue weighted by atomic mass is 32.1. The Kier molecular flexibility index (Phi) is 4.10. The van der Waals surface area contributed by atoms with Gasteiger partial charge in [0.2, 0.25) is 5.91 Å². The van der Waals surface area contributed by atoms with Crippen molar-refractivity contribution in [2.75, 3.05) is 24.5 Å². The van der Waals surface area contributed by atoms with Crippen molar-refractivity contribution in [2.24, 2.45) is 0 Å². The molecule has 1 aliphatic heterocycles. The van der Waals surface area contributed by atoms with E-state index in [1.54, 1.807) is 22.7 Å². The van der Waals surface area contributed by atoms with Crippen LogP contribution >= 0.6 is 22.7 Å². The highest BCUT2D eigenvalue weighted by Gasteiger charge is 2.24. The molecule has 5 rings (SSSR count). The van der Waals surface area contributed by atoms with Gasteiger partial charge in [-0.25, -0.2) is 9.97 Å². The highest BCUT2D eigenvalue weighted by molar-refractivity contribution is 7.17. The first kappa shape index (κ1) is 16.4. The summed E-state index contributed by atoms with van der Waals surface area (Å²) < 4.78 is 0. The number of fused-ring (bicyclic) bond motifs is 1. The van der Waals surface area contributed by atoms with Crippen LogP contribution in [-0.4, -0.2) is 35.5 Å².